The van der Waals surface area contributed by atoms with Crippen LogP contribution in [0, 0.1) is 11.6 Å². The van der Waals surface area contributed by atoms with Crippen molar-refractivity contribution in [3.8, 4) is 0 Å². The van der Waals surface area contributed by atoms with Gasteiger partial charge in [-0.25, -0.2) is 8.78 Å². The highest BCUT2D eigenvalue weighted by Crippen LogP contribution is 2.30. The highest BCUT2D eigenvalue weighted by molar-refractivity contribution is 6.06. The molecule has 0 saturated heterocycles. The summed E-state index contributed by atoms with van der Waals surface area (Å²) < 4.78 is 65.6. The molecule has 0 radical (unpaired) electrons. The fourth-order valence-corrected chi connectivity index (χ4v) is 3.26. The number of benzene rings is 2. The first kappa shape index (κ1) is 22.7. The number of guanidine groups is 1. The third-order valence-electron chi connectivity index (χ3n) is 4.95. The summed E-state index contributed by atoms with van der Waals surface area (Å²) in [5.41, 5.74) is 4.89. The van der Waals surface area contributed by atoms with Crippen LogP contribution in [0.4, 0.5) is 27.6 Å². The van der Waals surface area contributed by atoms with E-state index in [1.165, 1.54) is 12.1 Å². The van der Waals surface area contributed by atoms with E-state index in [1.54, 1.807) is 0 Å². The Morgan fingerprint density at radius 2 is 1.71 bits per heavy atom. The van der Waals surface area contributed by atoms with Crippen LogP contribution >= 0.6 is 0 Å². The average Bonchev–Trinajstić information content (AvgIpc) is 2.71. The maximum Gasteiger partial charge on any atom is 0.416 e. The average molecular weight is 440 g/mol. The number of aliphatic imine (C=N–C) groups is 1. The monoisotopic (exact) mass is 440 g/mol. The van der Waals surface area contributed by atoms with E-state index >= 15 is 0 Å². The molecule has 31 heavy (non-hydrogen) atoms. The minimum Gasteiger partial charge on any atom is -0.353 e. The number of nitrogens with zero attached hydrogens (tertiary/aromatic N) is 1. The van der Waals surface area contributed by atoms with Gasteiger partial charge in [0.05, 0.1) is 5.56 Å². The van der Waals surface area contributed by atoms with E-state index < -0.39 is 29.3 Å². The highest BCUT2D eigenvalue weighted by Gasteiger charge is 2.30. The molecule has 1 aliphatic rings. The van der Waals surface area contributed by atoms with Crippen LogP contribution in [-0.2, 0) is 6.18 Å². The smallest absolute Gasteiger partial charge is 0.353 e. The summed E-state index contributed by atoms with van der Waals surface area (Å²) in [5, 5.41) is 5.72. The molecule has 166 valence electrons. The molecule has 1 saturated carbocycles. The zero-order valence-corrected chi connectivity index (χ0v) is 16.3. The van der Waals surface area contributed by atoms with Gasteiger partial charge in [0.25, 0.3) is 5.91 Å². The van der Waals surface area contributed by atoms with E-state index in [-0.39, 0.29) is 29.3 Å². The van der Waals surface area contributed by atoms with E-state index in [1.807, 2.05) is 0 Å². The van der Waals surface area contributed by atoms with Gasteiger partial charge in [-0.1, -0.05) is 6.07 Å². The second kappa shape index (κ2) is 9.42. The van der Waals surface area contributed by atoms with Crippen molar-refractivity contribution in [3.05, 3.63) is 65.2 Å². The second-order valence-corrected chi connectivity index (χ2v) is 7.35. The van der Waals surface area contributed by atoms with Gasteiger partial charge in [-0.3, -0.25) is 4.79 Å². The van der Waals surface area contributed by atoms with Gasteiger partial charge < -0.3 is 16.4 Å². The molecule has 1 amide bonds. The number of hydrogen-bond donors (Lipinski definition) is 3. The van der Waals surface area contributed by atoms with E-state index in [0.29, 0.717) is 18.9 Å². The maximum absolute atomic E-state index is 13.5. The lowest BCUT2D eigenvalue weighted by atomic mass is 9.92. The number of alkyl halides is 3. The van der Waals surface area contributed by atoms with Crippen molar-refractivity contribution >= 4 is 17.6 Å². The zero-order chi connectivity index (χ0) is 22.6. The Kier molecular flexibility index (Phi) is 6.89. The summed E-state index contributed by atoms with van der Waals surface area (Å²) in [6.45, 7) is 0. The van der Waals surface area contributed by atoms with Crippen molar-refractivity contribution in [2.24, 2.45) is 10.7 Å². The van der Waals surface area contributed by atoms with E-state index in [4.69, 9.17) is 5.73 Å². The summed E-state index contributed by atoms with van der Waals surface area (Å²) in [5.74, 6) is -3.29. The first-order valence-electron chi connectivity index (χ1n) is 9.66. The molecule has 0 bridgehead atoms. The molecule has 0 heterocycles. The van der Waals surface area contributed by atoms with E-state index in [0.717, 1.165) is 37.1 Å². The quantitative estimate of drug-likeness (QED) is 0.374. The Morgan fingerprint density at radius 1 is 1.00 bits per heavy atom. The molecule has 2 aromatic carbocycles. The fraction of sp³-hybridized carbons (Fsp3) is 0.333. The summed E-state index contributed by atoms with van der Waals surface area (Å²) in [6, 6.07) is 6.97. The maximum atomic E-state index is 13.5. The van der Waals surface area contributed by atoms with Crippen LogP contribution in [0.25, 0.3) is 0 Å². The lowest BCUT2D eigenvalue weighted by Gasteiger charge is -2.28. The lowest BCUT2D eigenvalue weighted by molar-refractivity contribution is -0.137. The number of halogens is 5. The molecule has 0 aromatic heterocycles. The number of amides is 1. The van der Waals surface area contributed by atoms with Gasteiger partial charge in [-0.05, 0) is 62.1 Å². The Bertz CT molecular complexity index is 968. The van der Waals surface area contributed by atoms with Crippen LogP contribution in [0.5, 0.6) is 0 Å². The standard InChI is InChI=1S/C21H21F5N4O/c22-17-9-4-12(10-18(17)23)19(31)30-20(28-15-7-5-14(27)6-8-15)29-16-3-1-2-13(11-16)21(24,25)26/h1-4,9-11,14-15H,5-8,27H2,(H2,28,29,30,31)/t14-,15-. The third-order valence-corrected chi connectivity index (χ3v) is 4.95. The highest BCUT2D eigenvalue weighted by atomic mass is 19.4. The fourth-order valence-electron chi connectivity index (χ4n) is 3.26. The molecule has 10 heteroatoms. The van der Waals surface area contributed by atoms with Crippen LogP contribution in [0.2, 0.25) is 0 Å². The number of nitrogens with two attached hydrogens (primary N) is 1. The summed E-state index contributed by atoms with van der Waals surface area (Å²) in [4.78, 5) is 16.3. The SMILES string of the molecule is N[C@H]1CC[C@H](N/C(=N/C(=O)c2ccc(F)c(F)c2)Nc2cccc(C(F)(F)F)c2)CC1. The van der Waals surface area contributed by atoms with Gasteiger partial charge in [-0.15, -0.1) is 0 Å². The minimum absolute atomic E-state index is 0.0617. The number of rotatable bonds is 3. The molecular formula is C21H21F5N4O. The molecule has 0 unspecified atom stereocenters. The second-order valence-electron chi connectivity index (χ2n) is 7.35. The molecule has 0 atom stereocenters. The summed E-state index contributed by atoms with van der Waals surface area (Å²) in [6.07, 6.45) is -1.69. The Hall–Kier alpha value is -3.01. The van der Waals surface area contributed by atoms with Gasteiger partial charge in [0, 0.05) is 23.3 Å². The van der Waals surface area contributed by atoms with Crippen LogP contribution < -0.4 is 16.4 Å². The topological polar surface area (TPSA) is 79.5 Å². The minimum atomic E-state index is -4.54. The van der Waals surface area contributed by atoms with Gasteiger partial charge in [0.2, 0.25) is 5.96 Å². The number of nitrogens with one attached hydrogen (secondary N) is 2. The van der Waals surface area contributed by atoms with Gasteiger partial charge in [0.15, 0.2) is 11.6 Å². The molecular weight excluding hydrogens is 419 g/mol. The number of hydrogen-bond acceptors (Lipinski definition) is 2. The molecule has 4 N–H and O–H groups in total. The van der Waals surface area contributed by atoms with Crippen molar-refractivity contribution in [2.45, 2.75) is 43.9 Å². The lowest BCUT2D eigenvalue weighted by Crippen LogP contribution is -2.43. The summed E-state index contributed by atoms with van der Waals surface area (Å²) >= 11 is 0. The van der Waals surface area contributed by atoms with Gasteiger partial charge in [0.1, 0.15) is 0 Å². The van der Waals surface area contributed by atoms with E-state index in [2.05, 4.69) is 15.6 Å². The van der Waals surface area contributed by atoms with Gasteiger partial charge >= 0.3 is 6.18 Å². The molecule has 1 aliphatic carbocycles. The predicted octanol–water partition coefficient (Wildman–Crippen LogP) is 4.45. The third kappa shape index (κ3) is 6.24. The molecule has 1 fully saturated rings. The first-order valence-corrected chi connectivity index (χ1v) is 9.66. The molecule has 3 rings (SSSR count). The Labute approximate surface area is 175 Å². The van der Waals surface area contributed by atoms with Crippen molar-refractivity contribution < 1.29 is 26.7 Å². The van der Waals surface area contributed by atoms with Crippen molar-refractivity contribution in [1.82, 2.24) is 5.32 Å². The largest absolute Gasteiger partial charge is 0.416 e. The van der Waals surface area contributed by atoms with Gasteiger partial charge in [-0.2, -0.15) is 18.2 Å². The predicted molar refractivity (Wildman–Crippen MR) is 107 cm³/mol. The molecule has 0 spiro atoms. The molecule has 2 aromatic rings. The first-order chi connectivity index (χ1) is 14.6. The molecule has 0 aliphatic heterocycles. The van der Waals surface area contributed by atoms with Crippen molar-refractivity contribution in [2.75, 3.05) is 5.32 Å². The number of carbonyl (C=O) groups is 1. The van der Waals surface area contributed by atoms with Crippen molar-refractivity contribution in [1.29, 1.82) is 0 Å². The Balaban J connectivity index is 1.86. The normalized spacial score (nSPS) is 19.7. The van der Waals surface area contributed by atoms with Crippen LogP contribution in [0.1, 0.15) is 41.6 Å². The number of anilines is 1. The zero-order valence-electron chi connectivity index (χ0n) is 16.3. The number of carbonyl (C=O) groups excluding carboxylic acids is 1. The summed E-state index contributed by atoms with van der Waals surface area (Å²) in [7, 11) is 0. The Morgan fingerprint density at radius 3 is 2.35 bits per heavy atom. The molecule has 5 nitrogen and oxygen atoms in total. The van der Waals surface area contributed by atoms with E-state index in [9.17, 15) is 26.7 Å². The van der Waals surface area contributed by atoms with Crippen molar-refractivity contribution in [3.63, 3.8) is 0 Å². The van der Waals surface area contributed by atoms with Crippen LogP contribution in [0.3, 0.4) is 0 Å². The van der Waals surface area contributed by atoms with Crippen LogP contribution in [0.15, 0.2) is 47.5 Å². The van der Waals surface area contributed by atoms with Crippen LogP contribution in [-0.4, -0.2) is 24.0 Å².